The van der Waals surface area contributed by atoms with E-state index in [1.807, 2.05) is 54.8 Å². The van der Waals surface area contributed by atoms with E-state index in [2.05, 4.69) is 195 Å². The summed E-state index contributed by atoms with van der Waals surface area (Å²) in [5.74, 6) is 2.83. The molecule has 0 spiro atoms. The number of nitrogens with one attached hydrogen (secondary N) is 1. The molecule has 1 N–H and O–H groups in total. The molecular weight excluding hydrogens is 793 g/mol. The molecular formula is C61H44N2O2. The van der Waals surface area contributed by atoms with Crippen LogP contribution < -0.4 is 9.47 Å². The van der Waals surface area contributed by atoms with Gasteiger partial charge in [0.2, 0.25) is 0 Å². The Balaban J connectivity index is 1.15. The van der Waals surface area contributed by atoms with Gasteiger partial charge in [-0.05, 0) is 70.6 Å². The molecule has 0 saturated carbocycles. The largest absolute Gasteiger partial charge is 0.456 e. The number of rotatable bonds is 9. The highest BCUT2D eigenvalue weighted by Gasteiger charge is 2.47. The fourth-order valence-corrected chi connectivity index (χ4v) is 10.1. The Hall–Kier alpha value is -8.34. The van der Waals surface area contributed by atoms with Crippen molar-refractivity contribution in [3.8, 4) is 23.0 Å². The number of nitrogens with zero attached hydrogens (tertiary/aromatic N) is 1. The third-order valence-corrected chi connectivity index (χ3v) is 13.0. The van der Waals surface area contributed by atoms with Crippen molar-refractivity contribution < 1.29 is 9.47 Å². The van der Waals surface area contributed by atoms with Gasteiger partial charge in [0.05, 0.1) is 22.2 Å². The number of allylic oxidation sites excluding steroid dienone is 1. The van der Waals surface area contributed by atoms with Crippen molar-refractivity contribution in [3.63, 3.8) is 0 Å². The molecule has 0 saturated heterocycles. The lowest BCUT2D eigenvalue weighted by Gasteiger charge is -2.42. The van der Waals surface area contributed by atoms with Crippen molar-refractivity contribution in [1.82, 2.24) is 0 Å². The maximum Gasteiger partial charge on any atom is 0.141 e. The molecule has 0 radical (unpaired) electrons. The van der Waals surface area contributed by atoms with E-state index in [1.165, 1.54) is 0 Å². The molecule has 0 unspecified atom stereocenters. The molecule has 4 heteroatoms. The molecule has 0 bridgehead atoms. The Kier molecular flexibility index (Phi) is 9.97. The standard InChI is InChI=1S/C61H44N2O2/c1-42-22-14-15-23-43(42)41-63-55(49-33-21-37-53-59(49)65-57-39-19-17-35-51(57)61(53,46-28-10-4-11-29-46)47-30-12-5-13-31-47)40-54(62)48-32-20-36-52-58(48)64-56-38-18-16-34-50(56)60(52,44-24-6-2-7-25-44)45-26-8-3-9-27-45/h2-41,62H,1H3/b55-40-,62-54?,63-41?. The third-order valence-electron chi connectivity index (χ3n) is 13.0. The second kappa shape index (κ2) is 16.4. The summed E-state index contributed by atoms with van der Waals surface area (Å²) in [5, 5.41) is 10.1. The third kappa shape index (κ3) is 6.45. The first-order valence-corrected chi connectivity index (χ1v) is 22.0. The van der Waals surface area contributed by atoms with Crippen LogP contribution >= 0.6 is 0 Å². The highest BCUT2D eigenvalue weighted by Crippen LogP contribution is 2.58. The Morgan fingerprint density at radius 2 is 0.800 bits per heavy atom. The summed E-state index contributed by atoms with van der Waals surface area (Å²) >= 11 is 0. The summed E-state index contributed by atoms with van der Waals surface area (Å²) < 4.78 is 14.1. The number of hydrogen-bond acceptors (Lipinski definition) is 4. The number of aryl methyl sites for hydroxylation is 1. The van der Waals surface area contributed by atoms with Crippen LogP contribution in [-0.2, 0) is 10.8 Å². The van der Waals surface area contributed by atoms with Crippen LogP contribution in [0.4, 0.5) is 0 Å². The quantitative estimate of drug-likeness (QED) is 0.147. The van der Waals surface area contributed by atoms with Crippen molar-refractivity contribution in [2.75, 3.05) is 0 Å². The zero-order valence-corrected chi connectivity index (χ0v) is 35.9. The summed E-state index contributed by atoms with van der Waals surface area (Å²) in [6, 6.07) is 79.9. The van der Waals surface area contributed by atoms with E-state index in [0.717, 1.165) is 72.7 Å². The molecule has 0 aliphatic carbocycles. The Bertz CT molecular complexity index is 3200. The lowest BCUT2D eigenvalue weighted by Crippen LogP contribution is -2.34. The SMILES string of the molecule is Cc1ccccc1C=N/C(=C\C(=N)c1cccc2c1Oc1ccccc1C2(c1ccccc1)c1ccccc1)c1cccc2c1Oc1ccccc1C2(c1ccccc1)c1ccccc1. The minimum absolute atomic E-state index is 0.249. The Labute approximate surface area is 380 Å². The van der Waals surface area contributed by atoms with Gasteiger partial charge in [-0.15, -0.1) is 0 Å². The first-order valence-electron chi connectivity index (χ1n) is 22.0. The fraction of sp³-hybridized carbons (Fsp3) is 0.0492. The highest BCUT2D eigenvalue weighted by atomic mass is 16.5. The van der Waals surface area contributed by atoms with E-state index >= 15 is 0 Å². The van der Waals surface area contributed by atoms with Crippen LogP contribution in [0.5, 0.6) is 23.0 Å². The number of aliphatic imine (C=N–C) groups is 1. The maximum absolute atomic E-state index is 10.1. The van der Waals surface area contributed by atoms with Gasteiger partial charge in [-0.25, -0.2) is 0 Å². The molecule has 11 rings (SSSR count). The normalized spacial score (nSPS) is 14.2. The fourth-order valence-electron chi connectivity index (χ4n) is 10.1. The van der Waals surface area contributed by atoms with Gasteiger partial charge in [0.1, 0.15) is 23.0 Å². The van der Waals surface area contributed by atoms with Crippen molar-refractivity contribution in [3.05, 3.63) is 303 Å². The van der Waals surface area contributed by atoms with Crippen LogP contribution in [0.15, 0.2) is 242 Å². The summed E-state index contributed by atoms with van der Waals surface area (Å²) in [6.07, 6.45) is 3.77. The van der Waals surface area contributed by atoms with E-state index in [-0.39, 0.29) is 5.71 Å². The minimum Gasteiger partial charge on any atom is -0.456 e. The topological polar surface area (TPSA) is 54.7 Å². The van der Waals surface area contributed by atoms with Crippen molar-refractivity contribution >= 4 is 17.6 Å². The molecule has 0 atom stereocenters. The van der Waals surface area contributed by atoms with E-state index in [9.17, 15) is 5.41 Å². The Morgan fingerprint density at radius 3 is 1.28 bits per heavy atom. The van der Waals surface area contributed by atoms with Gasteiger partial charge in [0.25, 0.3) is 0 Å². The first-order chi connectivity index (χ1) is 32.1. The van der Waals surface area contributed by atoms with Gasteiger partial charge in [0.15, 0.2) is 0 Å². The van der Waals surface area contributed by atoms with Crippen LogP contribution in [0.2, 0.25) is 0 Å². The van der Waals surface area contributed by atoms with Gasteiger partial charge in [-0.1, -0.05) is 206 Å². The van der Waals surface area contributed by atoms with Crippen molar-refractivity contribution in [2.45, 2.75) is 17.8 Å². The van der Waals surface area contributed by atoms with E-state index in [0.29, 0.717) is 22.8 Å². The molecule has 0 fully saturated rings. The average Bonchev–Trinajstić information content (AvgIpc) is 3.37. The monoisotopic (exact) mass is 836 g/mol. The minimum atomic E-state index is -0.726. The first kappa shape index (κ1) is 39.5. The second-order valence-corrected chi connectivity index (χ2v) is 16.6. The van der Waals surface area contributed by atoms with E-state index < -0.39 is 10.8 Å². The van der Waals surface area contributed by atoms with Crippen LogP contribution in [0, 0.1) is 12.3 Å². The van der Waals surface area contributed by atoms with Crippen LogP contribution in [0.25, 0.3) is 5.70 Å². The lowest BCUT2D eigenvalue weighted by molar-refractivity contribution is 0.433. The van der Waals surface area contributed by atoms with Crippen LogP contribution in [-0.4, -0.2) is 11.9 Å². The number of ether oxygens (including phenoxy) is 2. The lowest BCUT2D eigenvalue weighted by atomic mass is 9.63. The molecule has 9 aromatic carbocycles. The molecule has 4 nitrogen and oxygen atoms in total. The average molecular weight is 837 g/mol. The van der Waals surface area contributed by atoms with E-state index in [4.69, 9.17) is 14.5 Å². The van der Waals surface area contributed by atoms with Crippen LogP contribution in [0.3, 0.4) is 0 Å². The summed E-state index contributed by atoms with van der Waals surface area (Å²) in [4.78, 5) is 5.29. The molecule has 65 heavy (non-hydrogen) atoms. The zero-order valence-electron chi connectivity index (χ0n) is 35.9. The maximum atomic E-state index is 10.1. The molecule has 2 heterocycles. The zero-order chi connectivity index (χ0) is 43.8. The predicted molar refractivity (Wildman–Crippen MR) is 263 cm³/mol. The highest BCUT2D eigenvalue weighted by molar-refractivity contribution is 6.13. The van der Waals surface area contributed by atoms with Gasteiger partial charge >= 0.3 is 0 Å². The van der Waals surface area contributed by atoms with Crippen LogP contribution in [0.1, 0.15) is 66.8 Å². The van der Waals surface area contributed by atoms with Crippen molar-refractivity contribution in [2.24, 2.45) is 4.99 Å². The predicted octanol–water partition coefficient (Wildman–Crippen LogP) is 14.5. The molecule has 0 amide bonds. The smallest absolute Gasteiger partial charge is 0.141 e. The number of benzene rings is 9. The van der Waals surface area contributed by atoms with Crippen molar-refractivity contribution in [1.29, 1.82) is 5.41 Å². The Morgan fingerprint density at radius 1 is 0.415 bits per heavy atom. The molecule has 0 aromatic heterocycles. The number of hydrogen-bond donors (Lipinski definition) is 1. The number of para-hydroxylation sites is 4. The summed E-state index contributed by atoms with van der Waals surface area (Å²) in [5.41, 5.74) is 11.4. The summed E-state index contributed by atoms with van der Waals surface area (Å²) in [6.45, 7) is 2.09. The molecule has 2 aliphatic rings. The molecule has 9 aromatic rings. The second-order valence-electron chi connectivity index (χ2n) is 16.6. The van der Waals surface area contributed by atoms with Gasteiger partial charge in [-0.3, -0.25) is 4.99 Å². The van der Waals surface area contributed by atoms with Gasteiger partial charge < -0.3 is 14.9 Å². The van der Waals surface area contributed by atoms with Gasteiger partial charge in [-0.2, -0.15) is 0 Å². The molecule has 2 aliphatic heterocycles. The number of fused-ring (bicyclic) bond motifs is 4. The van der Waals surface area contributed by atoms with E-state index in [1.54, 1.807) is 0 Å². The van der Waals surface area contributed by atoms with Gasteiger partial charge in [0, 0.05) is 39.6 Å². The molecule has 310 valence electrons. The summed E-state index contributed by atoms with van der Waals surface area (Å²) in [7, 11) is 0.